The highest BCUT2D eigenvalue weighted by Crippen LogP contribution is 2.32. The van der Waals surface area contributed by atoms with E-state index in [1.807, 2.05) is 0 Å². The van der Waals surface area contributed by atoms with E-state index in [1.54, 1.807) is 0 Å². The number of aliphatic hydroxyl groups excluding tert-OH is 1. The quantitative estimate of drug-likeness (QED) is 0.810. The van der Waals surface area contributed by atoms with Crippen molar-refractivity contribution >= 4 is 0 Å². The summed E-state index contributed by atoms with van der Waals surface area (Å²) in [6.07, 6.45) is 5.28. The Morgan fingerprint density at radius 2 is 2.00 bits per heavy atom. The third-order valence-electron chi connectivity index (χ3n) is 4.64. The van der Waals surface area contributed by atoms with Gasteiger partial charge in [-0.25, -0.2) is 0 Å². The monoisotopic (exact) mass is 270 g/mol. The van der Waals surface area contributed by atoms with Crippen LogP contribution in [0.3, 0.4) is 0 Å². The molecule has 1 saturated heterocycles. The SMILES string of the molecule is CCNC1(CO)CCCC(N2CC(C)OC(C)C2)C1. The van der Waals surface area contributed by atoms with E-state index in [2.05, 4.69) is 31.0 Å². The summed E-state index contributed by atoms with van der Waals surface area (Å²) in [5, 5.41) is 13.3. The van der Waals surface area contributed by atoms with Crippen molar-refractivity contribution in [2.24, 2.45) is 0 Å². The average molecular weight is 270 g/mol. The molecule has 0 radical (unpaired) electrons. The number of rotatable bonds is 4. The lowest BCUT2D eigenvalue weighted by molar-refractivity contribution is -0.0897. The van der Waals surface area contributed by atoms with E-state index >= 15 is 0 Å². The molecule has 0 aromatic rings. The van der Waals surface area contributed by atoms with Gasteiger partial charge in [0.1, 0.15) is 0 Å². The molecule has 112 valence electrons. The number of hydrogen-bond donors (Lipinski definition) is 2. The number of likely N-dealkylation sites (N-methyl/N-ethyl adjacent to an activating group) is 1. The zero-order valence-corrected chi connectivity index (χ0v) is 12.7. The average Bonchev–Trinajstić information content (AvgIpc) is 2.38. The second-order valence-corrected chi connectivity index (χ2v) is 6.43. The van der Waals surface area contributed by atoms with Crippen LogP contribution in [0, 0.1) is 0 Å². The first-order valence-electron chi connectivity index (χ1n) is 7.84. The number of aliphatic hydroxyl groups is 1. The Labute approximate surface area is 117 Å². The van der Waals surface area contributed by atoms with Gasteiger partial charge in [0.2, 0.25) is 0 Å². The molecule has 4 unspecified atom stereocenters. The minimum atomic E-state index is -0.0531. The van der Waals surface area contributed by atoms with Crippen LogP contribution in [0.4, 0.5) is 0 Å². The van der Waals surface area contributed by atoms with E-state index in [4.69, 9.17) is 4.74 Å². The molecule has 0 aromatic carbocycles. The van der Waals surface area contributed by atoms with Gasteiger partial charge in [0.25, 0.3) is 0 Å². The fourth-order valence-corrected chi connectivity index (χ4v) is 3.89. The Hall–Kier alpha value is -0.160. The molecule has 0 amide bonds. The van der Waals surface area contributed by atoms with Gasteiger partial charge in [-0.1, -0.05) is 6.92 Å². The number of nitrogens with zero attached hydrogens (tertiary/aromatic N) is 1. The predicted molar refractivity (Wildman–Crippen MR) is 77.3 cm³/mol. The van der Waals surface area contributed by atoms with E-state index in [1.165, 1.54) is 12.8 Å². The molecule has 2 aliphatic rings. The van der Waals surface area contributed by atoms with Gasteiger partial charge in [-0.2, -0.15) is 0 Å². The summed E-state index contributed by atoms with van der Waals surface area (Å²) in [5.74, 6) is 0. The minimum absolute atomic E-state index is 0.0531. The number of ether oxygens (including phenoxy) is 1. The van der Waals surface area contributed by atoms with Gasteiger partial charge in [-0.3, -0.25) is 4.90 Å². The Bertz CT molecular complexity index is 273. The molecule has 2 N–H and O–H groups in total. The van der Waals surface area contributed by atoms with Crippen LogP contribution in [0.15, 0.2) is 0 Å². The van der Waals surface area contributed by atoms with E-state index in [0.29, 0.717) is 18.2 Å². The highest BCUT2D eigenvalue weighted by atomic mass is 16.5. The van der Waals surface area contributed by atoms with Crippen LogP contribution in [0.5, 0.6) is 0 Å². The Morgan fingerprint density at radius 3 is 2.58 bits per heavy atom. The molecule has 4 atom stereocenters. The van der Waals surface area contributed by atoms with E-state index < -0.39 is 0 Å². The molecule has 1 saturated carbocycles. The van der Waals surface area contributed by atoms with Gasteiger partial charge >= 0.3 is 0 Å². The highest BCUT2D eigenvalue weighted by molar-refractivity contribution is 4.97. The number of morpholine rings is 1. The van der Waals surface area contributed by atoms with Gasteiger partial charge in [0, 0.05) is 24.7 Å². The van der Waals surface area contributed by atoms with Crippen LogP contribution in [0.1, 0.15) is 46.5 Å². The van der Waals surface area contributed by atoms with Crippen LogP contribution < -0.4 is 5.32 Å². The molecule has 19 heavy (non-hydrogen) atoms. The lowest BCUT2D eigenvalue weighted by Gasteiger charge is -2.47. The number of hydrogen-bond acceptors (Lipinski definition) is 4. The minimum Gasteiger partial charge on any atom is -0.394 e. The second-order valence-electron chi connectivity index (χ2n) is 6.43. The maximum Gasteiger partial charge on any atom is 0.0678 e. The van der Waals surface area contributed by atoms with Crippen LogP contribution in [-0.4, -0.2) is 60.0 Å². The van der Waals surface area contributed by atoms with Crippen molar-refractivity contribution in [3.8, 4) is 0 Å². The zero-order valence-electron chi connectivity index (χ0n) is 12.7. The lowest BCUT2D eigenvalue weighted by Crippen LogP contribution is -2.58. The van der Waals surface area contributed by atoms with E-state index in [0.717, 1.165) is 32.5 Å². The van der Waals surface area contributed by atoms with E-state index in [-0.39, 0.29) is 12.1 Å². The topological polar surface area (TPSA) is 44.7 Å². The Morgan fingerprint density at radius 1 is 1.32 bits per heavy atom. The first kappa shape index (κ1) is 15.2. The van der Waals surface area contributed by atoms with Gasteiger partial charge < -0.3 is 15.2 Å². The molecule has 4 nitrogen and oxygen atoms in total. The zero-order chi connectivity index (χ0) is 13.9. The van der Waals surface area contributed by atoms with Crippen molar-refractivity contribution in [3.05, 3.63) is 0 Å². The third kappa shape index (κ3) is 3.69. The van der Waals surface area contributed by atoms with Gasteiger partial charge in [-0.15, -0.1) is 0 Å². The molecule has 0 bridgehead atoms. The van der Waals surface area contributed by atoms with Gasteiger partial charge in [0.15, 0.2) is 0 Å². The lowest BCUT2D eigenvalue weighted by atomic mass is 9.78. The molecule has 1 heterocycles. The third-order valence-corrected chi connectivity index (χ3v) is 4.64. The maximum atomic E-state index is 9.79. The summed E-state index contributed by atoms with van der Waals surface area (Å²) in [6.45, 7) is 9.70. The summed E-state index contributed by atoms with van der Waals surface area (Å²) in [4.78, 5) is 2.58. The van der Waals surface area contributed by atoms with Crippen LogP contribution in [-0.2, 0) is 4.74 Å². The van der Waals surface area contributed by atoms with Crippen molar-refractivity contribution in [3.63, 3.8) is 0 Å². The molecule has 0 spiro atoms. The van der Waals surface area contributed by atoms with Crippen LogP contribution in [0.2, 0.25) is 0 Å². The van der Waals surface area contributed by atoms with Gasteiger partial charge in [0.05, 0.1) is 18.8 Å². The van der Waals surface area contributed by atoms with Crippen LogP contribution in [0.25, 0.3) is 0 Å². The van der Waals surface area contributed by atoms with Crippen molar-refractivity contribution in [1.82, 2.24) is 10.2 Å². The molecule has 0 aromatic heterocycles. The molecule has 2 rings (SSSR count). The number of nitrogens with one attached hydrogen (secondary N) is 1. The molecular formula is C15H30N2O2. The Kier molecular flexibility index (Phi) is 5.23. The van der Waals surface area contributed by atoms with Gasteiger partial charge in [-0.05, 0) is 46.1 Å². The fraction of sp³-hybridized carbons (Fsp3) is 1.00. The molecule has 4 heteroatoms. The van der Waals surface area contributed by atoms with Crippen molar-refractivity contribution in [2.75, 3.05) is 26.2 Å². The summed E-state index contributed by atoms with van der Waals surface area (Å²) in [7, 11) is 0. The summed E-state index contributed by atoms with van der Waals surface area (Å²) in [6, 6.07) is 0.591. The normalized spacial score (nSPS) is 41.4. The Balaban J connectivity index is 1.99. The predicted octanol–water partition coefficient (Wildman–Crippen LogP) is 1.38. The van der Waals surface area contributed by atoms with Crippen molar-refractivity contribution in [1.29, 1.82) is 0 Å². The smallest absolute Gasteiger partial charge is 0.0678 e. The maximum absolute atomic E-state index is 9.79. The molecule has 2 fully saturated rings. The molecule has 1 aliphatic carbocycles. The first-order chi connectivity index (χ1) is 9.08. The van der Waals surface area contributed by atoms with Crippen molar-refractivity contribution in [2.45, 2.75) is 70.2 Å². The molecule has 1 aliphatic heterocycles. The summed E-state index contributed by atoms with van der Waals surface area (Å²) in [5.41, 5.74) is -0.0531. The standard InChI is InChI=1S/C15H30N2O2/c1-4-16-15(11-18)7-5-6-14(8-15)17-9-12(2)19-13(3)10-17/h12-14,16,18H,4-11H2,1-3H3. The van der Waals surface area contributed by atoms with E-state index in [9.17, 15) is 5.11 Å². The van der Waals surface area contributed by atoms with Crippen LogP contribution >= 0.6 is 0 Å². The summed E-state index contributed by atoms with van der Waals surface area (Å²) < 4.78 is 5.83. The van der Waals surface area contributed by atoms with Crippen molar-refractivity contribution < 1.29 is 9.84 Å². The first-order valence-corrected chi connectivity index (χ1v) is 7.84. The molecular weight excluding hydrogens is 240 g/mol. The summed E-state index contributed by atoms with van der Waals surface area (Å²) >= 11 is 0. The largest absolute Gasteiger partial charge is 0.394 e. The highest BCUT2D eigenvalue weighted by Gasteiger charge is 2.38. The second kappa shape index (κ2) is 6.53. The fourth-order valence-electron chi connectivity index (χ4n) is 3.89.